The number of ether oxygens (including phenoxy) is 1. The lowest BCUT2D eigenvalue weighted by molar-refractivity contribution is -0.192. The van der Waals surface area contributed by atoms with Crippen molar-refractivity contribution in [3.8, 4) is 11.3 Å². The predicted octanol–water partition coefficient (Wildman–Crippen LogP) is 4.98. The molecule has 12 heteroatoms. The number of nitrogens with one attached hydrogen (secondary N) is 2. The molecule has 0 radical (unpaired) electrons. The molecule has 2 aromatic carbocycles. The van der Waals surface area contributed by atoms with E-state index in [0.29, 0.717) is 25.5 Å². The van der Waals surface area contributed by atoms with Gasteiger partial charge in [0.25, 0.3) is 0 Å². The minimum absolute atomic E-state index is 0.0208. The number of alkyl halides is 3. The van der Waals surface area contributed by atoms with Gasteiger partial charge in [-0.2, -0.15) is 13.2 Å². The number of hydrogen-bond donors (Lipinski definition) is 4. The second kappa shape index (κ2) is 15.9. The number of hydrogen-bond acceptors (Lipinski definition) is 6. The Balaban J connectivity index is 0.000000646. The highest BCUT2D eigenvalue weighted by molar-refractivity contribution is 5.79. The molecule has 1 aliphatic carbocycles. The van der Waals surface area contributed by atoms with Gasteiger partial charge in [-0.15, -0.1) is 0 Å². The van der Waals surface area contributed by atoms with Gasteiger partial charge in [-0.25, -0.2) is 9.78 Å². The third-order valence-corrected chi connectivity index (χ3v) is 7.24. The first-order valence-corrected chi connectivity index (χ1v) is 14.1. The van der Waals surface area contributed by atoms with Gasteiger partial charge in [-0.05, 0) is 68.2 Å². The molecule has 1 fully saturated rings. The van der Waals surface area contributed by atoms with Gasteiger partial charge in [0.15, 0.2) is 0 Å². The average Bonchev–Trinajstić information content (AvgIpc) is 3.48. The van der Waals surface area contributed by atoms with E-state index in [-0.39, 0.29) is 30.3 Å². The van der Waals surface area contributed by atoms with Crippen LogP contribution < -0.4 is 11.1 Å². The molecule has 232 valence electrons. The van der Waals surface area contributed by atoms with Crippen LogP contribution >= 0.6 is 0 Å². The van der Waals surface area contributed by atoms with Crippen LogP contribution in [0.4, 0.5) is 13.2 Å². The minimum Gasteiger partial charge on any atom is -0.475 e. The molecule has 0 bridgehead atoms. The molecule has 1 aliphatic rings. The van der Waals surface area contributed by atoms with E-state index in [9.17, 15) is 22.8 Å². The molecule has 9 nitrogen and oxygen atoms in total. The fraction of sp³-hybridized carbons (Fsp3) is 0.419. The number of carboxylic acid groups (broad SMARTS) is 1. The highest BCUT2D eigenvalue weighted by Gasteiger charge is 2.38. The molecule has 5 N–H and O–H groups in total. The summed E-state index contributed by atoms with van der Waals surface area (Å²) in [5.41, 5.74) is 9.69. The average molecular weight is 603 g/mol. The monoisotopic (exact) mass is 602 g/mol. The number of aromatic nitrogens is 2. The number of carbonyl (C=O) groups excluding carboxylic acids is 2. The summed E-state index contributed by atoms with van der Waals surface area (Å²) in [5, 5.41) is 10.4. The number of nitrogens with two attached hydrogens (primary N) is 1. The smallest absolute Gasteiger partial charge is 0.475 e. The van der Waals surface area contributed by atoms with Crippen LogP contribution in [0.25, 0.3) is 11.3 Å². The molecule has 1 aromatic heterocycles. The van der Waals surface area contributed by atoms with Crippen LogP contribution in [0.1, 0.15) is 55.6 Å². The molecule has 0 unspecified atom stereocenters. The zero-order chi connectivity index (χ0) is 31.4. The van der Waals surface area contributed by atoms with E-state index in [1.807, 2.05) is 42.5 Å². The number of esters is 1. The number of halogens is 3. The second-order valence-electron chi connectivity index (χ2n) is 10.4. The van der Waals surface area contributed by atoms with Crippen molar-refractivity contribution in [2.45, 2.75) is 57.7 Å². The molecular formula is C31H37F3N4O5. The summed E-state index contributed by atoms with van der Waals surface area (Å²) in [4.78, 5) is 41.9. The number of carbonyl (C=O) groups is 3. The molecule has 43 heavy (non-hydrogen) atoms. The molecule has 1 heterocycles. The van der Waals surface area contributed by atoms with E-state index in [2.05, 4.69) is 27.4 Å². The molecule has 0 saturated heterocycles. The van der Waals surface area contributed by atoms with Gasteiger partial charge < -0.3 is 25.9 Å². The first kappa shape index (κ1) is 33.3. The summed E-state index contributed by atoms with van der Waals surface area (Å²) >= 11 is 0. The largest absolute Gasteiger partial charge is 0.490 e. The fourth-order valence-corrected chi connectivity index (χ4v) is 4.86. The van der Waals surface area contributed by atoms with Crippen LogP contribution in [0.3, 0.4) is 0 Å². The van der Waals surface area contributed by atoms with E-state index in [1.54, 1.807) is 13.1 Å². The molecule has 1 amide bonds. The second-order valence-corrected chi connectivity index (χ2v) is 10.4. The number of aromatic amines is 1. The number of amides is 1. The third kappa shape index (κ3) is 10.5. The number of rotatable bonds is 10. The van der Waals surface area contributed by atoms with Gasteiger partial charge in [-0.1, -0.05) is 54.6 Å². The summed E-state index contributed by atoms with van der Waals surface area (Å²) in [6.07, 6.45) is 1.40. The van der Waals surface area contributed by atoms with Crippen molar-refractivity contribution in [3.63, 3.8) is 0 Å². The Morgan fingerprint density at radius 2 is 1.67 bits per heavy atom. The Morgan fingerprint density at radius 1 is 1.05 bits per heavy atom. The zero-order valence-electron chi connectivity index (χ0n) is 23.9. The van der Waals surface area contributed by atoms with Gasteiger partial charge >= 0.3 is 18.1 Å². The van der Waals surface area contributed by atoms with Gasteiger partial charge in [0.1, 0.15) is 5.82 Å². The van der Waals surface area contributed by atoms with Crippen molar-refractivity contribution in [2.75, 3.05) is 13.2 Å². The summed E-state index contributed by atoms with van der Waals surface area (Å²) in [6.45, 7) is 2.88. The minimum atomic E-state index is -5.08. The van der Waals surface area contributed by atoms with Crippen molar-refractivity contribution in [2.24, 2.45) is 17.6 Å². The SMILES string of the molecule is CCOC(=O)Cc1ccc(-c2cnc([C@H](Cc3ccccc3)NC(=O)C3CCC(CN)CC3)[nH]2)cc1.O=C(O)C(F)(F)F. The van der Waals surface area contributed by atoms with Crippen LogP contribution in [-0.4, -0.2) is 52.2 Å². The lowest BCUT2D eigenvalue weighted by Crippen LogP contribution is -2.37. The number of nitrogens with zero attached hydrogens (tertiary/aromatic N) is 1. The zero-order valence-corrected chi connectivity index (χ0v) is 23.9. The van der Waals surface area contributed by atoms with Crippen molar-refractivity contribution in [1.29, 1.82) is 0 Å². The van der Waals surface area contributed by atoms with Crippen LogP contribution in [0.2, 0.25) is 0 Å². The maximum atomic E-state index is 13.2. The lowest BCUT2D eigenvalue weighted by atomic mass is 9.81. The van der Waals surface area contributed by atoms with E-state index >= 15 is 0 Å². The predicted molar refractivity (Wildman–Crippen MR) is 154 cm³/mol. The number of benzene rings is 2. The van der Waals surface area contributed by atoms with Crippen molar-refractivity contribution >= 4 is 17.8 Å². The highest BCUT2D eigenvalue weighted by Crippen LogP contribution is 2.29. The van der Waals surface area contributed by atoms with E-state index in [0.717, 1.165) is 53.9 Å². The van der Waals surface area contributed by atoms with E-state index in [1.165, 1.54) is 0 Å². The first-order valence-electron chi connectivity index (χ1n) is 14.1. The van der Waals surface area contributed by atoms with Crippen LogP contribution in [0.5, 0.6) is 0 Å². The molecule has 0 spiro atoms. The Bertz CT molecular complexity index is 1320. The quantitative estimate of drug-likeness (QED) is 0.239. The number of aliphatic carboxylic acids is 1. The fourth-order valence-electron chi connectivity index (χ4n) is 4.86. The molecular weight excluding hydrogens is 565 g/mol. The number of imidazole rings is 1. The number of carboxylic acids is 1. The van der Waals surface area contributed by atoms with Crippen molar-refractivity contribution in [3.05, 3.63) is 77.7 Å². The highest BCUT2D eigenvalue weighted by atomic mass is 19.4. The molecule has 4 rings (SSSR count). The maximum Gasteiger partial charge on any atom is 0.490 e. The van der Waals surface area contributed by atoms with Crippen LogP contribution in [-0.2, 0) is 32.0 Å². The van der Waals surface area contributed by atoms with Crippen LogP contribution in [0, 0.1) is 11.8 Å². The Kier molecular flexibility index (Phi) is 12.3. The van der Waals surface area contributed by atoms with Gasteiger partial charge in [0.05, 0.1) is 31.0 Å². The van der Waals surface area contributed by atoms with Crippen molar-refractivity contribution in [1.82, 2.24) is 15.3 Å². The van der Waals surface area contributed by atoms with E-state index in [4.69, 9.17) is 20.4 Å². The summed E-state index contributed by atoms with van der Waals surface area (Å²) in [5.74, 6) is -1.61. The van der Waals surface area contributed by atoms with Gasteiger partial charge in [0.2, 0.25) is 5.91 Å². The molecule has 1 saturated carbocycles. The summed E-state index contributed by atoms with van der Waals surface area (Å²) in [7, 11) is 0. The first-order chi connectivity index (χ1) is 20.5. The van der Waals surface area contributed by atoms with E-state index < -0.39 is 12.1 Å². The topological polar surface area (TPSA) is 147 Å². The Labute approximate surface area is 248 Å². The molecule has 1 atom stereocenters. The van der Waals surface area contributed by atoms with Crippen molar-refractivity contribution < 1.29 is 37.4 Å². The summed E-state index contributed by atoms with van der Waals surface area (Å²) < 4.78 is 36.8. The standard InChI is InChI=1S/C29H36N4O3.C2HF3O2/c1-2-36-27(34)17-21-8-12-23(13-9-21)26-19-31-28(32-26)25(16-20-6-4-3-5-7-20)33-29(35)24-14-10-22(18-30)11-15-24;3-2(4,5)1(6)7/h3-9,12-13,19,22,24-25H,2,10-11,14-18,30H2,1H3,(H,31,32)(H,33,35);(H,6,7)/t22?,24?,25-;/m0./s1. The Hall–Kier alpha value is -4.19. The lowest BCUT2D eigenvalue weighted by Gasteiger charge is -2.28. The normalized spacial score (nSPS) is 17.2. The van der Waals surface area contributed by atoms with Gasteiger partial charge in [-0.3, -0.25) is 9.59 Å². The Morgan fingerprint density at radius 3 is 2.23 bits per heavy atom. The van der Waals surface area contributed by atoms with Crippen LogP contribution in [0.15, 0.2) is 60.8 Å². The summed E-state index contributed by atoms with van der Waals surface area (Å²) in [6, 6.07) is 17.7. The van der Waals surface area contributed by atoms with Gasteiger partial charge in [0, 0.05) is 5.92 Å². The molecule has 0 aliphatic heterocycles. The third-order valence-electron chi connectivity index (χ3n) is 7.24. The molecule has 3 aromatic rings. The maximum absolute atomic E-state index is 13.2. The number of H-pyrrole nitrogens is 1.